The summed E-state index contributed by atoms with van der Waals surface area (Å²) in [4.78, 5) is 11.2. The van der Waals surface area contributed by atoms with E-state index in [1.165, 1.54) is 24.8 Å². The minimum absolute atomic E-state index is 0. The standard InChI is InChI=1S/C14H20N2O.ClH/c15-10-13(17)16-11-14(7-4-8-14)9-12-5-2-1-3-6-12;/h1-3,5-6H,4,7-11,15H2,(H,16,17);1H. The molecule has 2 rings (SSSR count). The van der Waals surface area contributed by atoms with Gasteiger partial charge >= 0.3 is 0 Å². The van der Waals surface area contributed by atoms with Crippen LogP contribution in [0.5, 0.6) is 0 Å². The van der Waals surface area contributed by atoms with Crippen LogP contribution in [0.25, 0.3) is 0 Å². The van der Waals surface area contributed by atoms with Gasteiger partial charge in [-0.15, -0.1) is 12.4 Å². The van der Waals surface area contributed by atoms with E-state index in [4.69, 9.17) is 5.73 Å². The highest BCUT2D eigenvalue weighted by atomic mass is 35.5. The van der Waals surface area contributed by atoms with Gasteiger partial charge in [-0.25, -0.2) is 0 Å². The highest BCUT2D eigenvalue weighted by Gasteiger charge is 2.36. The highest BCUT2D eigenvalue weighted by molar-refractivity contribution is 5.85. The van der Waals surface area contributed by atoms with Gasteiger partial charge in [0.2, 0.25) is 5.91 Å². The second-order valence-corrected chi connectivity index (χ2v) is 5.00. The summed E-state index contributed by atoms with van der Waals surface area (Å²) < 4.78 is 0. The first kappa shape index (κ1) is 15.0. The molecular weight excluding hydrogens is 248 g/mol. The molecule has 4 heteroatoms. The van der Waals surface area contributed by atoms with Gasteiger partial charge in [0.05, 0.1) is 6.54 Å². The Morgan fingerprint density at radius 3 is 2.44 bits per heavy atom. The summed E-state index contributed by atoms with van der Waals surface area (Å²) in [6.07, 6.45) is 4.73. The molecule has 1 saturated carbocycles. The van der Waals surface area contributed by atoms with Crippen molar-refractivity contribution in [3.8, 4) is 0 Å². The number of halogens is 1. The van der Waals surface area contributed by atoms with E-state index in [9.17, 15) is 4.79 Å². The average molecular weight is 269 g/mol. The number of rotatable bonds is 5. The van der Waals surface area contributed by atoms with E-state index in [1.54, 1.807) is 0 Å². The normalized spacial score (nSPS) is 16.3. The molecule has 100 valence electrons. The summed E-state index contributed by atoms with van der Waals surface area (Å²) in [5, 5.41) is 2.93. The first-order valence-electron chi connectivity index (χ1n) is 6.25. The molecule has 0 saturated heterocycles. The summed E-state index contributed by atoms with van der Waals surface area (Å²) in [6.45, 7) is 0.847. The SMILES string of the molecule is Cl.NCC(=O)NCC1(Cc2ccccc2)CCC1. The molecule has 1 aromatic rings. The van der Waals surface area contributed by atoms with Gasteiger partial charge in [-0.1, -0.05) is 36.8 Å². The van der Waals surface area contributed by atoms with Crippen molar-refractivity contribution in [3.63, 3.8) is 0 Å². The Morgan fingerprint density at radius 2 is 1.94 bits per heavy atom. The summed E-state index contributed by atoms with van der Waals surface area (Å²) >= 11 is 0. The van der Waals surface area contributed by atoms with Gasteiger partial charge in [0.15, 0.2) is 0 Å². The molecule has 1 fully saturated rings. The van der Waals surface area contributed by atoms with Crippen molar-refractivity contribution in [2.45, 2.75) is 25.7 Å². The van der Waals surface area contributed by atoms with Gasteiger partial charge in [-0.3, -0.25) is 4.79 Å². The van der Waals surface area contributed by atoms with Crippen molar-refractivity contribution in [3.05, 3.63) is 35.9 Å². The summed E-state index contributed by atoms with van der Waals surface area (Å²) in [5.74, 6) is -0.0515. The number of nitrogens with two attached hydrogens (primary N) is 1. The van der Waals surface area contributed by atoms with Crippen LogP contribution in [0, 0.1) is 5.41 Å². The summed E-state index contributed by atoms with van der Waals surface area (Å²) in [5.41, 5.74) is 6.93. The van der Waals surface area contributed by atoms with Crippen LogP contribution < -0.4 is 11.1 Å². The van der Waals surface area contributed by atoms with Gasteiger partial charge < -0.3 is 11.1 Å². The highest BCUT2D eigenvalue weighted by Crippen LogP contribution is 2.43. The van der Waals surface area contributed by atoms with Crippen molar-refractivity contribution in [1.82, 2.24) is 5.32 Å². The number of amides is 1. The lowest BCUT2D eigenvalue weighted by Crippen LogP contribution is -2.45. The van der Waals surface area contributed by atoms with Crippen molar-refractivity contribution in [1.29, 1.82) is 0 Å². The van der Waals surface area contributed by atoms with Crippen LogP contribution in [0.3, 0.4) is 0 Å². The molecule has 1 aromatic carbocycles. The molecule has 1 amide bonds. The van der Waals surface area contributed by atoms with Crippen molar-refractivity contribution in [2.24, 2.45) is 11.1 Å². The monoisotopic (exact) mass is 268 g/mol. The lowest BCUT2D eigenvalue weighted by atomic mass is 9.65. The maximum absolute atomic E-state index is 11.2. The number of benzene rings is 1. The molecule has 1 aliphatic carbocycles. The Balaban J connectivity index is 0.00000162. The molecule has 0 atom stereocenters. The second-order valence-electron chi connectivity index (χ2n) is 5.00. The third kappa shape index (κ3) is 3.72. The third-order valence-corrected chi connectivity index (χ3v) is 3.68. The molecule has 0 radical (unpaired) electrons. The fourth-order valence-electron chi connectivity index (χ4n) is 2.48. The smallest absolute Gasteiger partial charge is 0.233 e. The first-order valence-corrected chi connectivity index (χ1v) is 6.25. The Labute approximate surface area is 115 Å². The van der Waals surface area contributed by atoms with Crippen LogP contribution in [-0.4, -0.2) is 19.0 Å². The number of carbonyl (C=O) groups is 1. The fourth-order valence-corrected chi connectivity index (χ4v) is 2.48. The number of hydrogen-bond donors (Lipinski definition) is 2. The first-order chi connectivity index (χ1) is 8.24. The molecule has 0 unspecified atom stereocenters. The maximum atomic E-state index is 11.2. The topological polar surface area (TPSA) is 55.1 Å². The molecule has 0 spiro atoms. The number of nitrogens with one attached hydrogen (secondary N) is 1. The van der Waals surface area contributed by atoms with Crippen molar-refractivity contribution < 1.29 is 4.79 Å². The molecule has 0 bridgehead atoms. The Morgan fingerprint density at radius 1 is 1.28 bits per heavy atom. The minimum Gasteiger partial charge on any atom is -0.354 e. The van der Waals surface area contributed by atoms with Gasteiger partial charge in [0.1, 0.15) is 0 Å². The van der Waals surface area contributed by atoms with E-state index in [0.717, 1.165) is 13.0 Å². The van der Waals surface area contributed by atoms with Gasteiger partial charge in [0.25, 0.3) is 0 Å². The lowest BCUT2D eigenvalue weighted by Gasteiger charge is -2.42. The maximum Gasteiger partial charge on any atom is 0.233 e. The van der Waals surface area contributed by atoms with Gasteiger partial charge in [-0.05, 0) is 30.2 Å². The third-order valence-electron chi connectivity index (χ3n) is 3.68. The van der Waals surface area contributed by atoms with Crippen LogP contribution in [0.15, 0.2) is 30.3 Å². The van der Waals surface area contributed by atoms with E-state index in [2.05, 4.69) is 29.6 Å². The second kappa shape index (κ2) is 6.76. The number of hydrogen-bond acceptors (Lipinski definition) is 2. The largest absolute Gasteiger partial charge is 0.354 e. The van der Waals surface area contributed by atoms with Crippen LogP contribution in [0.2, 0.25) is 0 Å². The Hall–Kier alpha value is -1.06. The Kier molecular flexibility index (Phi) is 5.63. The van der Waals surface area contributed by atoms with E-state index in [1.807, 2.05) is 6.07 Å². The van der Waals surface area contributed by atoms with Crippen LogP contribution in [0.4, 0.5) is 0 Å². The van der Waals surface area contributed by atoms with Crippen LogP contribution >= 0.6 is 12.4 Å². The molecule has 0 aromatic heterocycles. The summed E-state index contributed by atoms with van der Waals surface area (Å²) in [6, 6.07) is 10.5. The van der Waals surface area contributed by atoms with Crippen LogP contribution in [0.1, 0.15) is 24.8 Å². The predicted molar refractivity (Wildman–Crippen MR) is 75.7 cm³/mol. The zero-order valence-corrected chi connectivity index (χ0v) is 11.3. The fraction of sp³-hybridized carbons (Fsp3) is 0.500. The average Bonchev–Trinajstić information content (AvgIpc) is 2.33. The molecular formula is C14H21ClN2O. The van der Waals surface area contributed by atoms with Gasteiger partial charge in [0, 0.05) is 6.54 Å². The Bertz CT molecular complexity index is 377. The van der Waals surface area contributed by atoms with Gasteiger partial charge in [-0.2, -0.15) is 0 Å². The molecule has 0 aliphatic heterocycles. The van der Waals surface area contributed by atoms with Crippen molar-refractivity contribution in [2.75, 3.05) is 13.1 Å². The van der Waals surface area contributed by atoms with Crippen molar-refractivity contribution >= 4 is 18.3 Å². The predicted octanol–water partition coefficient (Wildman–Crippen LogP) is 1.90. The number of carbonyl (C=O) groups excluding carboxylic acids is 1. The van der Waals surface area contributed by atoms with E-state index in [0.29, 0.717) is 0 Å². The zero-order chi connectivity index (χ0) is 12.1. The summed E-state index contributed by atoms with van der Waals surface area (Å²) in [7, 11) is 0. The quantitative estimate of drug-likeness (QED) is 0.857. The van der Waals surface area contributed by atoms with E-state index in [-0.39, 0.29) is 30.3 Å². The minimum atomic E-state index is -0.0515. The molecule has 3 N–H and O–H groups in total. The van der Waals surface area contributed by atoms with E-state index < -0.39 is 0 Å². The molecule has 0 heterocycles. The molecule has 18 heavy (non-hydrogen) atoms. The molecule has 3 nitrogen and oxygen atoms in total. The zero-order valence-electron chi connectivity index (χ0n) is 10.5. The lowest BCUT2D eigenvalue weighted by molar-refractivity contribution is -0.120. The molecule has 1 aliphatic rings. The van der Waals surface area contributed by atoms with E-state index >= 15 is 0 Å². The van der Waals surface area contributed by atoms with Crippen LogP contribution in [-0.2, 0) is 11.2 Å².